The summed E-state index contributed by atoms with van der Waals surface area (Å²) in [5.74, 6) is 0. The van der Waals surface area contributed by atoms with Crippen molar-refractivity contribution in [3.63, 3.8) is 0 Å². The first-order chi connectivity index (χ1) is 23.2. The molecule has 0 radical (unpaired) electrons. The van der Waals surface area contributed by atoms with Gasteiger partial charge in [0.1, 0.15) is 11.2 Å². The van der Waals surface area contributed by atoms with Crippen LogP contribution in [0, 0.1) is 20.2 Å². The molecule has 274 valence electrons. The molecule has 1 N–H and O–H groups in total. The van der Waals surface area contributed by atoms with Crippen molar-refractivity contribution < 1.29 is 38.8 Å². The van der Waals surface area contributed by atoms with Crippen LogP contribution in [0.4, 0.5) is 32.3 Å². The zero-order valence-electron chi connectivity index (χ0n) is 30.0. The summed E-state index contributed by atoms with van der Waals surface area (Å²) in [5.41, 5.74) is 0.902. The van der Waals surface area contributed by atoms with E-state index in [1.165, 1.54) is 24.3 Å². The van der Waals surface area contributed by atoms with Gasteiger partial charge in [-0.2, -0.15) is 0 Å². The molecule has 0 aromatic heterocycles. The maximum absolute atomic E-state index is 12.2. The molecule has 2 aliphatic rings. The lowest BCUT2D eigenvalue weighted by molar-refractivity contribution is -0.385. The number of hydrogen-bond donors (Lipinski definition) is 1. The molecule has 0 bridgehead atoms. The summed E-state index contributed by atoms with van der Waals surface area (Å²) >= 11 is 0. The zero-order chi connectivity index (χ0) is 37.6. The third-order valence-electron chi connectivity index (χ3n) is 7.97. The number of rotatable bonds is 6. The van der Waals surface area contributed by atoms with Gasteiger partial charge in [0.05, 0.1) is 16.5 Å². The van der Waals surface area contributed by atoms with Crippen LogP contribution in [0.5, 0.6) is 0 Å². The number of carbonyl (C=O) groups excluding carboxylic acids is 3. The average Bonchev–Trinajstić information content (AvgIpc) is 3.02. The topological polar surface area (TPSA) is 189 Å². The Morgan fingerprint density at radius 2 is 1.20 bits per heavy atom. The summed E-state index contributed by atoms with van der Waals surface area (Å²) in [6, 6.07) is 8.66. The fraction of sp³-hybridized carbons (Fsp3) is 0.559. The number of hydrogen-bond acceptors (Lipinski definition) is 12. The van der Waals surface area contributed by atoms with Gasteiger partial charge in [0.15, 0.2) is 6.29 Å². The van der Waals surface area contributed by atoms with Crippen molar-refractivity contribution in [2.24, 2.45) is 0 Å². The number of aliphatic hydroxyl groups excluding tert-OH is 1. The van der Waals surface area contributed by atoms with E-state index in [-0.39, 0.29) is 47.8 Å². The third-order valence-corrected chi connectivity index (χ3v) is 7.97. The number of non-ortho nitro benzene ring substituents is 2. The fourth-order valence-corrected chi connectivity index (χ4v) is 5.72. The summed E-state index contributed by atoms with van der Waals surface area (Å²) in [5, 5.41) is 31.4. The molecule has 0 saturated carbocycles. The van der Waals surface area contributed by atoms with E-state index in [2.05, 4.69) is 4.90 Å². The van der Waals surface area contributed by atoms with Crippen molar-refractivity contribution >= 4 is 41.2 Å². The van der Waals surface area contributed by atoms with E-state index in [1.807, 2.05) is 60.3 Å². The Morgan fingerprint density at radius 1 is 0.780 bits per heavy atom. The van der Waals surface area contributed by atoms with Gasteiger partial charge in [-0.15, -0.1) is 0 Å². The number of piperazine rings is 2. The number of aliphatic hydroxyl groups is 1. The molecule has 0 aliphatic carbocycles. The summed E-state index contributed by atoms with van der Waals surface area (Å²) in [6.45, 7) is 17.5. The van der Waals surface area contributed by atoms with E-state index in [9.17, 15) is 39.7 Å². The van der Waals surface area contributed by atoms with Crippen LogP contribution < -0.4 is 9.80 Å². The second-order valence-electron chi connectivity index (χ2n) is 14.3. The Bertz CT molecular complexity index is 1570. The number of benzene rings is 2. The smallest absolute Gasteiger partial charge is 0.410 e. The second-order valence-corrected chi connectivity index (χ2v) is 14.3. The van der Waals surface area contributed by atoms with Crippen LogP contribution in [0.25, 0.3) is 0 Å². The molecule has 0 spiro atoms. The number of amides is 2. The van der Waals surface area contributed by atoms with Gasteiger partial charge >= 0.3 is 12.2 Å². The average molecular weight is 701 g/mol. The van der Waals surface area contributed by atoms with Crippen molar-refractivity contribution in [1.82, 2.24) is 9.80 Å². The van der Waals surface area contributed by atoms with E-state index < -0.39 is 21.0 Å². The first-order valence-electron chi connectivity index (χ1n) is 16.4. The van der Waals surface area contributed by atoms with Gasteiger partial charge in [-0.3, -0.25) is 25.0 Å². The number of nitro benzene ring substituents is 2. The Balaban J connectivity index is 0.000000270. The summed E-state index contributed by atoms with van der Waals surface area (Å²) in [4.78, 5) is 63.9. The van der Waals surface area contributed by atoms with E-state index in [0.29, 0.717) is 56.8 Å². The Labute approximate surface area is 291 Å². The van der Waals surface area contributed by atoms with Crippen molar-refractivity contribution in [1.29, 1.82) is 0 Å². The molecule has 50 heavy (non-hydrogen) atoms. The lowest BCUT2D eigenvalue weighted by Gasteiger charge is -2.42. The molecule has 2 heterocycles. The predicted octanol–water partition coefficient (Wildman–Crippen LogP) is 5.39. The molecular weight excluding hydrogens is 652 g/mol. The van der Waals surface area contributed by atoms with E-state index in [0.717, 1.165) is 5.69 Å². The highest BCUT2D eigenvalue weighted by atomic mass is 16.6. The van der Waals surface area contributed by atoms with Crippen LogP contribution >= 0.6 is 0 Å². The summed E-state index contributed by atoms with van der Waals surface area (Å²) < 4.78 is 10.8. The molecule has 0 unspecified atom stereocenters. The molecule has 2 aliphatic heterocycles. The van der Waals surface area contributed by atoms with Crippen LogP contribution in [0.1, 0.15) is 71.3 Å². The van der Waals surface area contributed by atoms with Crippen LogP contribution in [0.15, 0.2) is 36.4 Å². The minimum atomic E-state index is -0.555. The van der Waals surface area contributed by atoms with Crippen LogP contribution in [0.2, 0.25) is 0 Å². The normalized spacial score (nSPS) is 18.1. The van der Waals surface area contributed by atoms with Crippen molar-refractivity contribution in [3.8, 4) is 0 Å². The fourth-order valence-electron chi connectivity index (χ4n) is 5.72. The van der Waals surface area contributed by atoms with E-state index in [4.69, 9.17) is 9.47 Å². The highest BCUT2D eigenvalue weighted by Gasteiger charge is 2.32. The van der Waals surface area contributed by atoms with Gasteiger partial charge in [-0.25, -0.2) is 9.59 Å². The Hall–Kier alpha value is -4.99. The summed E-state index contributed by atoms with van der Waals surface area (Å²) in [7, 11) is 0. The molecule has 16 nitrogen and oxygen atoms in total. The molecule has 2 aromatic carbocycles. The lowest BCUT2D eigenvalue weighted by Crippen LogP contribution is -2.54. The molecule has 16 heteroatoms. The molecular formula is C34H48N6O10. The van der Waals surface area contributed by atoms with E-state index in [1.54, 1.807) is 21.9 Å². The molecule has 2 saturated heterocycles. The van der Waals surface area contributed by atoms with Crippen molar-refractivity contribution in [2.75, 3.05) is 49.1 Å². The number of nitrogens with zero attached hydrogens (tertiary/aromatic N) is 6. The minimum Gasteiger partial charge on any atom is -0.444 e. The predicted molar refractivity (Wildman–Crippen MR) is 187 cm³/mol. The molecule has 4 rings (SSSR count). The number of nitro groups is 2. The third kappa shape index (κ3) is 10.5. The lowest BCUT2D eigenvalue weighted by atomic mass is 10.1. The zero-order valence-corrected chi connectivity index (χ0v) is 30.0. The van der Waals surface area contributed by atoms with Gasteiger partial charge < -0.3 is 34.2 Å². The van der Waals surface area contributed by atoms with Crippen molar-refractivity contribution in [3.05, 3.63) is 67.8 Å². The first kappa shape index (κ1) is 39.4. The second kappa shape index (κ2) is 16.1. The van der Waals surface area contributed by atoms with Crippen LogP contribution in [0.3, 0.4) is 0 Å². The van der Waals surface area contributed by atoms with Gasteiger partial charge in [0.2, 0.25) is 0 Å². The monoisotopic (exact) mass is 700 g/mol. The molecule has 2 atom stereocenters. The highest BCUT2D eigenvalue weighted by Crippen LogP contribution is 2.30. The van der Waals surface area contributed by atoms with Crippen LogP contribution in [-0.2, 0) is 16.1 Å². The summed E-state index contributed by atoms with van der Waals surface area (Å²) in [6.07, 6.45) is -0.0849. The highest BCUT2D eigenvalue weighted by molar-refractivity contribution is 5.86. The minimum absolute atomic E-state index is 0.00646. The van der Waals surface area contributed by atoms with Gasteiger partial charge in [-0.05, 0) is 67.5 Å². The number of carbonyl (C=O) groups is 3. The Kier molecular flexibility index (Phi) is 12.7. The SMILES string of the molecule is C[C@H]1CN(C(=O)OC(C)(C)C)CCN1c1ccc([N+](=O)[O-])cc1C=O.C[C@H]1CN(C(=O)OC(C)(C)C)CCN1c1ccc([N+](=O)[O-])cc1CO. The molecule has 2 aromatic rings. The molecule has 2 amide bonds. The van der Waals surface area contributed by atoms with Gasteiger partial charge in [0.25, 0.3) is 11.4 Å². The maximum Gasteiger partial charge on any atom is 0.410 e. The molecule has 2 fully saturated rings. The first-order valence-corrected chi connectivity index (χ1v) is 16.4. The van der Waals surface area contributed by atoms with Crippen LogP contribution in [-0.4, -0.2) is 106 Å². The van der Waals surface area contributed by atoms with Crippen molar-refractivity contribution in [2.45, 2.75) is 85.3 Å². The van der Waals surface area contributed by atoms with Gasteiger partial charge in [0, 0.05) is 98.1 Å². The number of anilines is 2. The Morgan fingerprint density at radius 3 is 1.58 bits per heavy atom. The van der Waals surface area contributed by atoms with Gasteiger partial charge in [-0.1, -0.05) is 0 Å². The number of aldehydes is 1. The number of ether oxygens (including phenoxy) is 2. The standard InChI is InChI=1S/C17H25N3O5.C17H23N3O5/c2*1-12-10-18(16(22)25-17(2,3)4)7-8-19(12)15-6-5-14(20(23)24)9-13(15)11-21/h5-6,9,12,21H,7-8,10-11H2,1-4H3;5-6,9,11-12H,7-8,10H2,1-4H3/t2*12-/m00/s1. The van der Waals surface area contributed by atoms with E-state index >= 15 is 0 Å². The maximum atomic E-state index is 12.2. The largest absolute Gasteiger partial charge is 0.444 e. The quantitative estimate of drug-likeness (QED) is 0.230.